The van der Waals surface area contributed by atoms with Gasteiger partial charge in [-0.3, -0.25) is 4.79 Å². The first kappa shape index (κ1) is 17.6. The number of ketones is 1. The summed E-state index contributed by atoms with van der Waals surface area (Å²) in [4.78, 5) is 11.4. The van der Waals surface area contributed by atoms with Crippen molar-refractivity contribution in [3.05, 3.63) is 29.8 Å². The number of likely N-dealkylation sites (N-methyl/N-ethyl adjacent to an activating group) is 1. The summed E-state index contributed by atoms with van der Waals surface area (Å²) < 4.78 is 38.6. The van der Waals surface area contributed by atoms with Crippen molar-refractivity contribution in [2.24, 2.45) is 0 Å². The lowest BCUT2D eigenvalue weighted by Gasteiger charge is -2.25. The molecule has 0 aromatic heterocycles. The van der Waals surface area contributed by atoms with Gasteiger partial charge in [0, 0.05) is 13.1 Å². The SMILES string of the molecule is CCN(CC(O)COc1ccccc1C(C)=O)S(=O)(=O)[O-]. The van der Waals surface area contributed by atoms with E-state index in [-0.39, 0.29) is 25.5 Å². The Kier molecular flexibility index (Phi) is 6.28. The van der Waals surface area contributed by atoms with Gasteiger partial charge in [-0.15, -0.1) is 0 Å². The van der Waals surface area contributed by atoms with Crippen molar-refractivity contribution >= 4 is 16.1 Å². The van der Waals surface area contributed by atoms with E-state index in [1.54, 1.807) is 24.3 Å². The van der Waals surface area contributed by atoms with E-state index in [1.165, 1.54) is 13.8 Å². The minimum absolute atomic E-state index is 0.0348. The van der Waals surface area contributed by atoms with E-state index in [4.69, 9.17) is 4.74 Å². The highest BCUT2D eigenvalue weighted by Crippen LogP contribution is 2.18. The highest BCUT2D eigenvalue weighted by atomic mass is 32.2. The molecule has 21 heavy (non-hydrogen) atoms. The van der Waals surface area contributed by atoms with E-state index in [0.717, 1.165) is 0 Å². The van der Waals surface area contributed by atoms with Crippen molar-refractivity contribution in [3.8, 4) is 5.75 Å². The maximum Gasteiger partial charge on any atom is 0.163 e. The van der Waals surface area contributed by atoms with Crippen LogP contribution in [-0.4, -0.2) is 54.0 Å². The predicted octanol–water partition coefficient (Wildman–Crippen LogP) is 0.411. The van der Waals surface area contributed by atoms with Crippen molar-refractivity contribution in [1.82, 2.24) is 4.31 Å². The number of Topliss-reactive ketones (excluding diaryl/α,β-unsaturated/α-hetero) is 1. The molecule has 1 atom stereocenters. The first-order valence-corrected chi connectivity index (χ1v) is 7.74. The third-order valence-corrected chi connectivity index (χ3v) is 3.82. The zero-order valence-electron chi connectivity index (χ0n) is 11.9. The molecule has 0 aliphatic rings. The number of nitrogens with zero attached hydrogens (tertiary/aromatic N) is 1. The Morgan fingerprint density at radius 1 is 1.43 bits per heavy atom. The highest BCUT2D eigenvalue weighted by molar-refractivity contribution is 7.83. The van der Waals surface area contributed by atoms with E-state index in [9.17, 15) is 22.9 Å². The van der Waals surface area contributed by atoms with Gasteiger partial charge in [-0.25, -0.2) is 12.7 Å². The average Bonchev–Trinajstić information content (AvgIpc) is 2.41. The van der Waals surface area contributed by atoms with Gasteiger partial charge in [0.1, 0.15) is 18.5 Å². The Balaban J connectivity index is 2.65. The third-order valence-electron chi connectivity index (χ3n) is 2.78. The highest BCUT2D eigenvalue weighted by Gasteiger charge is 2.16. The molecule has 1 aromatic carbocycles. The van der Waals surface area contributed by atoms with Gasteiger partial charge in [0.05, 0.1) is 5.56 Å². The number of hydrogen-bond acceptors (Lipinski definition) is 6. The van der Waals surface area contributed by atoms with Gasteiger partial charge in [0.15, 0.2) is 16.1 Å². The number of para-hydroxylation sites is 1. The van der Waals surface area contributed by atoms with E-state index >= 15 is 0 Å². The molecule has 0 radical (unpaired) electrons. The van der Waals surface area contributed by atoms with Crippen LogP contribution in [0.1, 0.15) is 24.2 Å². The Morgan fingerprint density at radius 2 is 2.05 bits per heavy atom. The van der Waals surface area contributed by atoms with E-state index in [1.807, 2.05) is 0 Å². The molecule has 0 aliphatic heterocycles. The molecule has 1 N–H and O–H groups in total. The topological polar surface area (TPSA) is 107 Å². The number of rotatable bonds is 8. The summed E-state index contributed by atoms with van der Waals surface area (Å²) in [6.45, 7) is 2.27. The monoisotopic (exact) mass is 316 g/mol. The van der Waals surface area contributed by atoms with Crippen molar-refractivity contribution in [1.29, 1.82) is 0 Å². The molecule has 7 nitrogen and oxygen atoms in total. The second-order valence-corrected chi connectivity index (χ2v) is 5.80. The standard InChI is InChI=1S/C13H19NO6S/c1-3-14(21(17,18)19)8-11(16)9-20-13-7-5-4-6-12(13)10(2)15/h4-7,11,16H,3,8-9H2,1-2H3,(H,17,18,19)/p-1. The van der Waals surface area contributed by atoms with E-state index < -0.39 is 16.4 Å². The second-order valence-electron chi connectivity index (χ2n) is 4.43. The van der Waals surface area contributed by atoms with Crippen LogP contribution in [0.5, 0.6) is 5.75 Å². The van der Waals surface area contributed by atoms with Crippen LogP contribution in [-0.2, 0) is 10.3 Å². The van der Waals surface area contributed by atoms with Gasteiger partial charge in [-0.1, -0.05) is 19.1 Å². The van der Waals surface area contributed by atoms with Gasteiger partial charge in [-0.2, -0.15) is 0 Å². The Bertz CT molecular complexity index is 586. The second kappa shape index (κ2) is 7.51. The lowest BCUT2D eigenvalue weighted by atomic mass is 10.1. The molecule has 0 spiro atoms. The Labute approximate surface area is 124 Å². The Morgan fingerprint density at radius 3 is 2.57 bits per heavy atom. The van der Waals surface area contributed by atoms with Crippen LogP contribution >= 0.6 is 0 Å². The number of benzene rings is 1. The normalized spacial score (nSPS) is 13.2. The van der Waals surface area contributed by atoms with Crippen molar-refractivity contribution in [3.63, 3.8) is 0 Å². The maximum absolute atomic E-state index is 11.4. The molecule has 0 bridgehead atoms. The molecule has 0 amide bonds. The van der Waals surface area contributed by atoms with Crippen LogP contribution in [0.3, 0.4) is 0 Å². The minimum Gasteiger partial charge on any atom is -0.735 e. The zero-order valence-corrected chi connectivity index (χ0v) is 12.7. The van der Waals surface area contributed by atoms with Crippen LogP contribution in [0.4, 0.5) is 0 Å². The van der Waals surface area contributed by atoms with Gasteiger partial charge < -0.3 is 14.4 Å². The number of carbonyl (C=O) groups excluding carboxylic acids is 1. The number of hydrogen-bond donors (Lipinski definition) is 1. The summed E-state index contributed by atoms with van der Waals surface area (Å²) in [7, 11) is -4.60. The fraction of sp³-hybridized carbons (Fsp3) is 0.462. The summed E-state index contributed by atoms with van der Waals surface area (Å²) in [5, 5.41) is 9.75. The van der Waals surface area contributed by atoms with Crippen LogP contribution in [0, 0.1) is 0 Å². The maximum atomic E-state index is 11.4. The van der Waals surface area contributed by atoms with Crippen LogP contribution in [0.15, 0.2) is 24.3 Å². The Hall–Kier alpha value is -1.48. The minimum atomic E-state index is -4.60. The van der Waals surface area contributed by atoms with Crippen molar-refractivity contribution in [2.45, 2.75) is 20.0 Å². The summed E-state index contributed by atoms with van der Waals surface area (Å²) in [5.41, 5.74) is 0.369. The van der Waals surface area contributed by atoms with Gasteiger partial charge in [0.25, 0.3) is 0 Å². The third kappa shape index (κ3) is 5.43. The molecule has 0 heterocycles. The predicted molar refractivity (Wildman–Crippen MR) is 74.9 cm³/mol. The molecular formula is C13H18NO6S-. The summed E-state index contributed by atoms with van der Waals surface area (Å²) in [5.74, 6) is 0.120. The fourth-order valence-electron chi connectivity index (χ4n) is 1.74. The lowest BCUT2D eigenvalue weighted by Crippen LogP contribution is -2.39. The number of aliphatic hydroxyl groups excluding tert-OH is 1. The number of aliphatic hydroxyl groups is 1. The molecule has 1 rings (SSSR count). The lowest BCUT2D eigenvalue weighted by molar-refractivity contribution is 0.0861. The number of carbonyl (C=O) groups is 1. The molecule has 0 saturated carbocycles. The van der Waals surface area contributed by atoms with Crippen LogP contribution in [0.25, 0.3) is 0 Å². The fourth-order valence-corrected chi connectivity index (χ4v) is 2.41. The van der Waals surface area contributed by atoms with Crippen LogP contribution < -0.4 is 4.74 Å². The smallest absolute Gasteiger partial charge is 0.163 e. The van der Waals surface area contributed by atoms with Crippen LogP contribution in [0.2, 0.25) is 0 Å². The molecule has 1 unspecified atom stereocenters. The molecule has 0 saturated heterocycles. The molecule has 118 valence electrons. The summed E-state index contributed by atoms with van der Waals surface area (Å²) in [6.07, 6.45) is -1.17. The summed E-state index contributed by atoms with van der Waals surface area (Å²) >= 11 is 0. The quantitative estimate of drug-likeness (QED) is 0.550. The van der Waals surface area contributed by atoms with Crippen molar-refractivity contribution in [2.75, 3.05) is 19.7 Å². The first-order valence-electron chi connectivity index (χ1n) is 6.37. The number of ether oxygens (including phenoxy) is 1. The van der Waals surface area contributed by atoms with Crippen molar-refractivity contribution < 1.29 is 27.6 Å². The van der Waals surface area contributed by atoms with Gasteiger partial charge in [0.2, 0.25) is 0 Å². The van der Waals surface area contributed by atoms with E-state index in [2.05, 4.69) is 0 Å². The average molecular weight is 316 g/mol. The van der Waals surface area contributed by atoms with Gasteiger partial charge in [-0.05, 0) is 19.1 Å². The zero-order chi connectivity index (χ0) is 16.0. The largest absolute Gasteiger partial charge is 0.735 e. The molecule has 8 heteroatoms. The van der Waals surface area contributed by atoms with Gasteiger partial charge >= 0.3 is 0 Å². The molecule has 0 fully saturated rings. The first-order chi connectivity index (χ1) is 9.75. The molecule has 0 aliphatic carbocycles. The van der Waals surface area contributed by atoms with E-state index in [0.29, 0.717) is 15.6 Å². The summed E-state index contributed by atoms with van der Waals surface area (Å²) in [6, 6.07) is 6.52. The molecular weight excluding hydrogens is 298 g/mol. The molecule has 1 aromatic rings.